The summed E-state index contributed by atoms with van der Waals surface area (Å²) < 4.78 is 12.1. The molecule has 1 amide bonds. The number of hydrogen-bond acceptors (Lipinski definition) is 5. The number of rotatable bonds is 3. The largest absolute Gasteiger partial charge is 0.482 e. The van der Waals surface area contributed by atoms with Crippen molar-refractivity contribution >= 4 is 6.09 Å². The van der Waals surface area contributed by atoms with Crippen molar-refractivity contribution < 1.29 is 19.4 Å². The second-order valence-electron chi connectivity index (χ2n) is 7.96. The Hall–Kier alpha value is -2.05. The molecule has 6 nitrogen and oxygen atoms in total. The number of amides is 1. The van der Waals surface area contributed by atoms with Crippen molar-refractivity contribution in [2.24, 2.45) is 5.92 Å². The van der Waals surface area contributed by atoms with Gasteiger partial charge >= 0.3 is 6.09 Å². The summed E-state index contributed by atoms with van der Waals surface area (Å²) in [5.74, 6) is 1.42. The number of ether oxygens (including phenoxy) is 2. The van der Waals surface area contributed by atoms with Crippen molar-refractivity contribution in [2.45, 2.75) is 50.4 Å². The number of benzene rings is 1. The van der Waals surface area contributed by atoms with Crippen LogP contribution in [0.2, 0.25) is 0 Å². The van der Waals surface area contributed by atoms with Crippen LogP contribution in [0.5, 0.6) is 11.5 Å². The molecular formula is C21H26N2O4. The van der Waals surface area contributed by atoms with Crippen molar-refractivity contribution in [3.8, 4) is 11.5 Å². The van der Waals surface area contributed by atoms with Crippen LogP contribution in [0.1, 0.15) is 31.4 Å². The first kappa shape index (κ1) is 17.1. The molecule has 1 spiro atoms. The lowest BCUT2D eigenvalue weighted by molar-refractivity contribution is -0.0177. The summed E-state index contributed by atoms with van der Waals surface area (Å²) in [5, 5.41) is 14.3. The normalized spacial score (nSPS) is 34.6. The van der Waals surface area contributed by atoms with Crippen LogP contribution in [-0.4, -0.2) is 54.0 Å². The number of piperidine rings is 1. The quantitative estimate of drug-likeness (QED) is 0.797. The summed E-state index contributed by atoms with van der Waals surface area (Å²) >= 11 is 0. The first-order valence-corrected chi connectivity index (χ1v) is 9.99. The molecule has 1 saturated heterocycles. The maximum absolute atomic E-state index is 12.5. The Kier molecular flexibility index (Phi) is 3.78. The van der Waals surface area contributed by atoms with Crippen molar-refractivity contribution in [2.75, 3.05) is 19.6 Å². The van der Waals surface area contributed by atoms with E-state index in [-0.39, 0.29) is 17.6 Å². The maximum Gasteiger partial charge on any atom is 0.415 e. The molecule has 1 aromatic rings. The Morgan fingerprint density at radius 3 is 2.96 bits per heavy atom. The average molecular weight is 370 g/mol. The number of nitrogens with one attached hydrogen (secondary N) is 1. The number of hydrogen-bond donors (Lipinski definition) is 2. The Morgan fingerprint density at radius 1 is 1.37 bits per heavy atom. The fourth-order valence-corrected chi connectivity index (χ4v) is 5.69. The Bertz CT molecular complexity index is 819. The second kappa shape index (κ2) is 5.97. The van der Waals surface area contributed by atoms with E-state index in [1.165, 1.54) is 5.56 Å². The van der Waals surface area contributed by atoms with Gasteiger partial charge in [0.15, 0.2) is 11.5 Å². The van der Waals surface area contributed by atoms with E-state index in [4.69, 9.17) is 9.47 Å². The van der Waals surface area contributed by atoms with Gasteiger partial charge in [0.05, 0.1) is 0 Å². The third-order valence-electron chi connectivity index (χ3n) is 6.88. The smallest absolute Gasteiger partial charge is 0.415 e. The third-order valence-corrected chi connectivity index (χ3v) is 6.88. The molecule has 144 valence electrons. The molecule has 6 heteroatoms. The number of aliphatic hydroxyl groups is 1. The van der Waals surface area contributed by atoms with E-state index in [2.05, 4.69) is 17.5 Å². The summed E-state index contributed by atoms with van der Waals surface area (Å²) in [4.78, 5) is 14.2. The van der Waals surface area contributed by atoms with E-state index >= 15 is 0 Å². The molecule has 0 radical (unpaired) electrons. The Morgan fingerprint density at radius 2 is 2.19 bits per heavy atom. The lowest BCUT2D eigenvalue weighted by atomic mass is 9.54. The molecular weight excluding hydrogens is 344 g/mol. The number of carbonyl (C=O) groups excluding carboxylic acids is 1. The molecule has 5 rings (SSSR count). The molecule has 2 aliphatic heterocycles. The van der Waals surface area contributed by atoms with Gasteiger partial charge in [0.25, 0.3) is 0 Å². The van der Waals surface area contributed by atoms with Gasteiger partial charge in [0.2, 0.25) is 0 Å². The predicted molar refractivity (Wildman–Crippen MR) is 100 cm³/mol. The van der Waals surface area contributed by atoms with Gasteiger partial charge < -0.3 is 24.8 Å². The fraction of sp³-hybridized carbons (Fsp3) is 0.571. The van der Waals surface area contributed by atoms with Crippen LogP contribution in [0.3, 0.4) is 0 Å². The molecule has 0 saturated carbocycles. The zero-order valence-corrected chi connectivity index (χ0v) is 15.8. The summed E-state index contributed by atoms with van der Waals surface area (Å²) in [6, 6.07) is 4.27. The Labute approximate surface area is 159 Å². The van der Waals surface area contributed by atoms with E-state index in [0.717, 1.165) is 24.9 Å². The minimum absolute atomic E-state index is 0.232. The summed E-state index contributed by atoms with van der Waals surface area (Å²) in [5.41, 5.74) is 2.17. The van der Waals surface area contributed by atoms with Gasteiger partial charge in [-0.2, -0.15) is 0 Å². The maximum atomic E-state index is 12.5. The molecule has 27 heavy (non-hydrogen) atoms. The van der Waals surface area contributed by atoms with Crippen molar-refractivity contribution in [3.63, 3.8) is 0 Å². The van der Waals surface area contributed by atoms with E-state index in [1.54, 1.807) is 4.90 Å². The second-order valence-corrected chi connectivity index (χ2v) is 7.96. The molecule has 1 fully saturated rings. The molecule has 2 bridgehead atoms. The van der Waals surface area contributed by atoms with E-state index < -0.39 is 6.10 Å². The highest BCUT2D eigenvalue weighted by Gasteiger charge is 2.63. The minimum Gasteiger partial charge on any atom is -0.482 e. The zero-order valence-electron chi connectivity index (χ0n) is 15.8. The van der Waals surface area contributed by atoms with E-state index in [0.29, 0.717) is 36.5 Å². The van der Waals surface area contributed by atoms with Crippen LogP contribution in [0.15, 0.2) is 24.3 Å². The first-order chi connectivity index (χ1) is 13.1. The van der Waals surface area contributed by atoms with Crippen LogP contribution >= 0.6 is 0 Å². The molecule has 2 N–H and O–H groups in total. The first-order valence-electron chi connectivity index (χ1n) is 9.99. The molecule has 2 aliphatic carbocycles. The highest BCUT2D eigenvalue weighted by molar-refractivity contribution is 5.73. The summed E-state index contributed by atoms with van der Waals surface area (Å²) in [6.07, 6.45) is 4.54. The van der Waals surface area contributed by atoms with E-state index in [1.807, 2.05) is 26.0 Å². The van der Waals surface area contributed by atoms with Crippen molar-refractivity contribution in [3.05, 3.63) is 35.4 Å². The number of carbonyl (C=O) groups is 1. The van der Waals surface area contributed by atoms with Crippen LogP contribution < -0.4 is 14.8 Å². The number of aliphatic hydroxyl groups excluding tert-OH is 1. The SMILES string of the molecule is CCN(CC)C(=O)Oc1ccc2c3c1O[C@H]1[C@@H](O)C=C[C@H]4[C@@H](C2)NCC[C@@]341. The highest BCUT2D eigenvalue weighted by Crippen LogP contribution is 2.61. The van der Waals surface area contributed by atoms with Crippen molar-refractivity contribution in [1.82, 2.24) is 10.2 Å². The van der Waals surface area contributed by atoms with Gasteiger partial charge in [-0.1, -0.05) is 18.2 Å². The van der Waals surface area contributed by atoms with Gasteiger partial charge in [-0.25, -0.2) is 4.79 Å². The monoisotopic (exact) mass is 370 g/mol. The van der Waals surface area contributed by atoms with Crippen LogP contribution in [0.4, 0.5) is 4.79 Å². The van der Waals surface area contributed by atoms with Crippen LogP contribution in [-0.2, 0) is 11.8 Å². The predicted octanol–water partition coefficient (Wildman–Crippen LogP) is 1.99. The molecule has 4 aliphatic rings. The molecule has 1 aromatic carbocycles. The molecule has 2 heterocycles. The molecule has 5 atom stereocenters. The summed E-state index contributed by atoms with van der Waals surface area (Å²) in [6.45, 7) is 5.97. The molecule has 0 aromatic heterocycles. The fourth-order valence-electron chi connectivity index (χ4n) is 5.69. The van der Waals surface area contributed by atoms with Crippen LogP contribution in [0, 0.1) is 5.92 Å². The Balaban J connectivity index is 1.61. The van der Waals surface area contributed by atoms with Gasteiger partial charge in [0, 0.05) is 36.0 Å². The minimum atomic E-state index is -0.648. The lowest BCUT2D eigenvalue weighted by Gasteiger charge is -2.53. The zero-order chi connectivity index (χ0) is 18.8. The average Bonchev–Trinajstić information content (AvgIpc) is 3.00. The third kappa shape index (κ3) is 2.17. The van der Waals surface area contributed by atoms with Gasteiger partial charge in [-0.3, -0.25) is 0 Å². The highest BCUT2D eigenvalue weighted by atomic mass is 16.6. The lowest BCUT2D eigenvalue weighted by Crippen LogP contribution is -2.64. The molecule has 0 unspecified atom stereocenters. The van der Waals surface area contributed by atoms with E-state index in [9.17, 15) is 9.90 Å². The van der Waals surface area contributed by atoms with Crippen molar-refractivity contribution in [1.29, 1.82) is 0 Å². The van der Waals surface area contributed by atoms with Gasteiger partial charge in [-0.05, 0) is 44.9 Å². The number of nitrogens with zero attached hydrogens (tertiary/aromatic N) is 1. The summed E-state index contributed by atoms with van der Waals surface area (Å²) in [7, 11) is 0. The van der Waals surface area contributed by atoms with Crippen LogP contribution in [0.25, 0.3) is 0 Å². The van der Waals surface area contributed by atoms with Gasteiger partial charge in [0.1, 0.15) is 12.2 Å². The topological polar surface area (TPSA) is 71.0 Å². The standard InChI is InChI=1S/C21H26N2O4/c1-3-23(4-2)20(25)26-16-8-5-12-11-14-13-6-7-15(24)19-21(13,9-10-22-14)17(12)18(16)27-19/h5-8,13-15,19,22,24H,3-4,9-11H2,1-2H3/t13-,14+,15-,19-,21-/m0/s1. The van der Waals surface area contributed by atoms with Gasteiger partial charge in [-0.15, -0.1) is 0 Å².